The van der Waals surface area contributed by atoms with Gasteiger partial charge in [0.1, 0.15) is 5.65 Å². The van der Waals surface area contributed by atoms with Crippen LogP contribution in [0.4, 0.5) is 5.95 Å². The van der Waals surface area contributed by atoms with Gasteiger partial charge in [-0.3, -0.25) is 4.90 Å². The number of anilines is 1. The molecule has 2 aromatic heterocycles. The van der Waals surface area contributed by atoms with Crippen LogP contribution in [0.5, 0.6) is 0 Å². The molecule has 5 rings (SSSR count). The minimum absolute atomic E-state index is 0.171. The Morgan fingerprint density at radius 3 is 2.64 bits per heavy atom. The molecule has 36 heavy (non-hydrogen) atoms. The molecule has 0 bridgehead atoms. The van der Waals surface area contributed by atoms with E-state index in [9.17, 15) is 5.11 Å². The maximum Gasteiger partial charge on any atom is 0.224 e. The molecule has 1 aliphatic heterocycles. The molecule has 1 atom stereocenters. The maximum absolute atomic E-state index is 10.1. The van der Waals surface area contributed by atoms with Crippen molar-refractivity contribution in [2.75, 3.05) is 38.5 Å². The molecule has 2 N–H and O–H groups in total. The summed E-state index contributed by atoms with van der Waals surface area (Å²) >= 11 is 0. The summed E-state index contributed by atoms with van der Waals surface area (Å²) in [6.45, 7) is 9.88. The van der Waals surface area contributed by atoms with Crippen LogP contribution in [0.25, 0.3) is 22.2 Å². The molecule has 0 spiro atoms. The standard InChI is InChI=1S/C29H42N6O/c1-4-6-21(2)31-29-30-18-26-27(20-35(28(26)32-29)24-9-11-25(36)12-10-24)23-8-5-7-22(17-23)19-34-15-13-33(3)14-16-34/h5,7-8,17-18,20-21,24-25,36H,4,6,9-16,19H2,1-3H3,(H,30,31,32)/t21-,24-,25-/m0/s1. The van der Waals surface area contributed by atoms with Crippen molar-refractivity contribution in [2.45, 2.75) is 77.1 Å². The van der Waals surface area contributed by atoms with Crippen molar-refractivity contribution in [3.8, 4) is 11.1 Å². The van der Waals surface area contributed by atoms with E-state index >= 15 is 0 Å². The normalized spacial score (nSPS) is 22.7. The first kappa shape index (κ1) is 25.2. The summed E-state index contributed by atoms with van der Waals surface area (Å²) in [5.41, 5.74) is 4.78. The summed E-state index contributed by atoms with van der Waals surface area (Å²) < 4.78 is 2.36. The van der Waals surface area contributed by atoms with Gasteiger partial charge < -0.3 is 19.9 Å². The van der Waals surface area contributed by atoms with Crippen LogP contribution in [0.3, 0.4) is 0 Å². The maximum atomic E-state index is 10.1. The number of fused-ring (bicyclic) bond motifs is 1. The topological polar surface area (TPSA) is 69.5 Å². The molecule has 2 fully saturated rings. The molecule has 0 unspecified atom stereocenters. The van der Waals surface area contributed by atoms with Gasteiger partial charge in [0, 0.05) is 68.2 Å². The number of nitrogens with one attached hydrogen (secondary N) is 1. The minimum Gasteiger partial charge on any atom is -0.393 e. The SMILES string of the molecule is CCC[C@H](C)Nc1ncc2c(-c3cccc(CN4CCN(C)CC4)c3)cn([C@H]3CC[C@H](O)CC3)c2n1. The largest absolute Gasteiger partial charge is 0.393 e. The van der Waals surface area contributed by atoms with Crippen LogP contribution in [0.15, 0.2) is 36.7 Å². The number of nitrogens with zero attached hydrogens (tertiary/aromatic N) is 5. The molecule has 1 saturated heterocycles. The van der Waals surface area contributed by atoms with Crippen molar-refractivity contribution in [3.63, 3.8) is 0 Å². The first-order valence-corrected chi connectivity index (χ1v) is 13.8. The predicted molar refractivity (Wildman–Crippen MR) is 147 cm³/mol. The fourth-order valence-corrected chi connectivity index (χ4v) is 5.77. The molecule has 2 aliphatic rings. The summed E-state index contributed by atoms with van der Waals surface area (Å²) in [6, 6.07) is 9.69. The highest BCUT2D eigenvalue weighted by atomic mass is 16.3. The van der Waals surface area contributed by atoms with Gasteiger partial charge in [-0.15, -0.1) is 0 Å². The number of piperazine rings is 1. The van der Waals surface area contributed by atoms with Crippen molar-refractivity contribution in [1.29, 1.82) is 0 Å². The predicted octanol–water partition coefficient (Wildman–Crippen LogP) is 4.92. The number of hydrogen-bond acceptors (Lipinski definition) is 6. The summed E-state index contributed by atoms with van der Waals surface area (Å²) in [5, 5.41) is 14.7. The molecule has 1 aromatic carbocycles. The van der Waals surface area contributed by atoms with Crippen LogP contribution in [0.1, 0.15) is 64.0 Å². The monoisotopic (exact) mass is 490 g/mol. The lowest BCUT2D eigenvalue weighted by Gasteiger charge is -2.32. The van der Waals surface area contributed by atoms with Crippen molar-refractivity contribution in [1.82, 2.24) is 24.3 Å². The average Bonchev–Trinajstić information content (AvgIpc) is 3.25. The molecule has 0 amide bonds. The number of benzene rings is 1. The lowest BCUT2D eigenvalue weighted by molar-refractivity contribution is 0.111. The van der Waals surface area contributed by atoms with E-state index in [0.29, 0.717) is 18.0 Å². The second kappa shape index (κ2) is 11.3. The van der Waals surface area contributed by atoms with Crippen LogP contribution >= 0.6 is 0 Å². The van der Waals surface area contributed by atoms with Gasteiger partial charge in [-0.05, 0) is 63.3 Å². The van der Waals surface area contributed by atoms with Crippen molar-refractivity contribution in [3.05, 3.63) is 42.2 Å². The Hall–Kier alpha value is -2.48. The summed E-state index contributed by atoms with van der Waals surface area (Å²) in [4.78, 5) is 14.7. The molecule has 194 valence electrons. The van der Waals surface area contributed by atoms with Crippen LogP contribution < -0.4 is 5.32 Å². The molecule has 7 nitrogen and oxygen atoms in total. The van der Waals surface area contributed by atoms with Crippen LogP contribution in [0.2, 0.25) is 0 Å². The lowest BCUT2D eigenvalue weighted by atomic mass is 9.93. The number of aromatic nitrogens is 3. The third kappa shape index (κ3) is 5.74. The van der Waals surface area contributed by atoms with Crippen LogP contribution in [-0.2, 0) is 6.54 Å². The third-order valence-electron chi connectivity index (χ3n) is 7.97. The fourth-order valence-electron chi connectivity index (χ4n) is 5.77. The summed E-state index contributed by atoms with van der Waals surface area (Å²) in [5.74, 6) is 0.703. The zero-order valence-corrected chi connectivity index (χ0v) is 22.2. The number of rotatable bonds is 8. The van der Waals surface area contributed by atoms with Crippen molar-refractivity contribution in [2.24, 2.45) is 0 Å². The van der Waals surface area contributed by atoms with Crippen LogP contribution in [0, 0.1) is 0 Å². The minimum atomic E-state index is -0.171. The first-order valence-electron chi connectivity index (χ1n) is 13.8. The second-order valence-electron chi connectivity index (χ2n) is 11.0. The highest BCUT2D eigenvalue weighted by molar-refractivity contribution is 5.94. The lowest BCUT2D eigenvalue weighted by Crippen LogP contribution is -2.43. The Kier molecular flexibility index (Phi) is 7.89. The molecule has 0 radical (unpaired) electrons. The fraction of sp³-hybridized carbons (Fsp3) is 0.586. The summed E-state index contributed by atoms with van der Waals surface area (Å²) in [7, 11) is 2.20. The summed E-state index contributed by atoms with van der Waals surface area (Å²) in [6.07, 6.45) is 10.00. The smallest absolute Gasteiger partial charge is 0.224 e. The van der Waals surface area contributed by atoms with E-state index in [1.807, 2.05) is 6.20 Å². The van der Waals surface area contributed by atoms with Crippen LogP contribution in [-0.4, -0.2) is 74.8 Å². The van der Waals surface area contributed by atoms with Gasteiger partial charge >= 0.3 is 0 Å². The number of aliphatic hydroxyl groups is 1. The van der Waals surface area contributed by atoms with Gasteiger partial charge in [0.25, 0.3) is 0 Å². The average molecular weight is 491 g/mol. The Morgan fingerprint density at radius 1 is 1.11 bits per heavy atom. The Balaban J connectivity index is 1.47. The van der Waals surface area contributed by atoms with Gasteiger partial charge in [0.15, 0.2) is 0 Å². The second-order valence-corrected chi connectivity index (χ2v) is 11.0. The quantitative estimate of drug-likeness (QED) is 0.467. The number of likely N-dealkylation sites (N-methyl/N-ethyl adjacent to an activating group) is 1. The number of hydrogen-bond donors (Lipinski definition) is 2. The van der Waals surface area contributed by atoms with Gasteiger partial charge in [-0.2, -0.15) is 4.98 Å². The molecular formula is C29H42N6O. The highest BCUT2D eigenvalue weighted by Crippen LogP contribution is 2.37. The molecule has 3 aromatic rings. The number of aliphatic hydroxyl groups excluding tert-OH is 1. The van der Waals surface area contributed by atoms with E-state index in [4.69, 9.17) is 9.97 Å². The van der Waals surface area contributed by atoms with Gasteiger partial charge in [0.05, 0.1) is 6.10 Å². The van der Waals surface area contributed by atoms with E-state index in [2.05, 4.69) is 71.0 Å². The van der Waals surface area contributed by atoms with E-state index in [1.54, 1.807) is 0 Å². The van der Waals surface area contributed by atoms with Gasteiger partial charge in [-0.1, -0.05) is 31.5 Å². The molecule has 1 aliphatic carbocycles. The molecule has 1 saturated carbocycles. The van der Waals surface area contributed by atoms with Crippen molar-refractivity contribution >= 4 is 17.0 Å². The van der Waals surface area contributed by atoms with E-state index in [-0.39, 0.29) is 6.10 Å². The highest BCUT2D eigenvalue weighted by Gasteiger charge is 2.24. The Morgan fingerprint density at radius 2 is 1.89 bits per heavy atom. The molecule has 7 heteroatoms. The Labute approximate surface area is 215 Å². The zero-order valence-electron chi connectivity index (χ0n) is 22.2. The molecular weight excluding hydrogens is 448 g/mol. The van der Waals surface area contributed by atoms with Gasteiger partial charge in [-0.25, -0.2) is 4.98 Å². The third-order valence-corrected chi connectivity index (χ3v) is 7.97. The zero-order chi connectivity index (χ0) is 25.1. The van der Waals surface area contributed by atoms with E-state index in [0.717, 1.165) is 82.3 Å². The van der Waals surface area contributed by atoms with Crippen molar-refractivity contribution < 1.29 is 5.11 Å². The van der Waals surface area contributed by atoms with E-state index < -0.39 is 0 Å². The molecule has 3 heterocycles. The van der Waals surface area contributed by atoms with Gasteiger partial charge in [0.2, 0.25) is 5.95 Å². The van der Waals surface area contributed by atoms with E-state index in [1.165, 1.54) is 16.7 Å². The first-order chi connectivity index (χ1) is 17.5. The Bertz CT molecular complexity index is 1140.